The Kier molecular flexibility index (Phi) is 7.58. The summed E-state index contributed by atoms with van der Waals surface area (Å²) in [5.74, 6) is -2.72. The zero-order valence-corrected chi connectivity index (χ0v) is 22.8. The van der Waals surface area contributed by atoms with Crippen LogP contribution in [-0.4, -0.2) is 49.0 Å². The number of aliphatic hydroxyl groups is 1. The highest BCUT2D eigenvalue weighted by Crippen LogP contribution is 2.43. The Balaban J connectivity index is 1.57. The van der Waals surface area contributed by atoms with Gasteiger partial charge in [-0.3, -0.25) is 14.6 Å². The maximum atomic E-state index is 13.8. The first-order valence-electron chi connectivity index (χ1n) is 13.1. The van der Waals surface area contributed by atoms with E-state index in [4.69, 9.17) is 0 Å². The fourth-order valence-electron chi connectivity index (χ4n) is 5.36. The van der Waals surface area contributed by atoms with Crippen LogP contribution in [0.4, 0.5) is 32.0 Å². The van der Waals surface area contributed by atoms with Gasteiger partial charge in [0.1, 0.15) is 23.4 Å². The van der Waals surface area contributed by atoms with Crippen LogP contribution in [0, 0.1) is 11.3 Å². The average Bonchev–Trinajstić information content (AvgIpc) is 3.37. The van der Waals surface area contributed by atoms with E-state index < -0.39 is 69.2 Å². The first-order chi connectivity index (χ1) is 20.6. The van der Waals surface area contributed by atoms with Gasteiger partial charge in [-0.2, -0.15) is 31.6 Å². The largest absolute Gasteiger partial charge is 0.509 e. The van der Waals surface area contributed by atoms with Gasteiger partial charge in [-0.25, -0.2) is 15.0 Å². The molecule has 3 aromatic rings. The quantitative estimate of drug-likeness (QED) is 0.282. The van der Waals surface area contributed by atoms with E-state index in [9.17, 15) is 46.3 Å². The molecule has 3 heterocycles. The molecule has 2 amide bonds. The van der Waals surface area contributed by atoms with E-state index in [1.165, 1.54) is 5.01 Å². The number of benzene rings is 2. The molecular weight excluding hydrogens is 594 g/mol. The van der Waals surface area contributed by atoms with Crippen molar-refractivity contribution >= 4 is 17.5 Å². The summed E-state index contributed by atoms with van der Waals surface area (Å²) in [6, 6.07) is 10.9. The second-order valence-corrected chi connectivity index (χ2v) is 10.4. The van der Waals surface area contributed by atoms with Crippen LogP contribution in [0.2, 0.25) is 0 Å². The number of rotatable bonds is 5. The fourth-order valence-corrected chi connectivity index (χ4v) is 5.36. The molecule has 1 saturated heterocycles. The summed E-state index contributed by atoms with van der Waals surface area (Å²) >= 11 is 0. The number of amides is 2. The molecule has 228 valence electrons. The third-order valence-electron chi connectivity index (χ3n) is 7.60. The van der Waals surface area contributed by atoms with Gasteiger partial charge < -0.3 is 10.4 Å². The minimum Gasteiger partial charge on any atom is -0.509 e. The van der Waals surface area contributed by atoms with E-state index in [0.717, 1.165) is 6.07 Å². The third-order valence-corrected chi connectivity index (χ3v) is 7.60. The summed E-state index contributed by atoms with van der Waals surface area (Å²) in [5, 5.41) is 25.9. The number of nitrogens with one attached hydrogen (secondary N) is 1. The molecule has 0 unspecified atom stereocenters. The lowest BCUT2D eigenvalue weighted by Crippen LogP contribution is -2.60. The van der Waals surface area contributed by atoms with Gasteiger partial charge in [0, 0.05) is 12.1 Å². The van der Waals surface area contributed by atoms with Gasteiger partial charge in [-0.15, -0.1) is 0 Å². The van der Waals surface area contributed by atoms with Crippen molar-refractivity contribution in [2.45, 2.75) is 44.2 Å². The van der Waals surface area contributed by atoms with Crippen LogP contribution in [0.15, 0.2) is 66.2 Å². The van der Waals surface area contributed by atoms with Crippen LogP contribution in [0.3, 0.4) is 0 Å². The van der Waals surface area contributed by atoms with Crippen molar-refractivity contribution in [2.75, 3.05) is 11.9 Å². The van der Waals surface area contributed by atoms with E-state index in [1.54, 1.807) is 36.2 Å². The Labute approximate surface area is 246 Å². The van der Waals surface area contributed by atoms with Gasteiger partial charge in [0.15, 0.2) is 0 Å². The molecule has 2 aromatic carbocycles. The number of hydrogen-bond acceptors (Lipinski definition) is 7. The molecule has 0 spiro atoms. The monoisotopic (exact) mass is 616 g/mol. The predicted octanol–water partition coefficient (Wildman–Crippen LogP) is 5.62. The van der Waals surface area contributed by atoms with Crippen molar-refractivity contribution in [2.24, 2.45) is 0 Å². The SMILES string of the molecule is C[C@]12CCCN1N(Cc1ccccc1C#N)C(=O)C(C(=O)Nc1ccc(C(F)(F)F)cc1-c1cc(C(F)(F)F)ncn1)=C2O. The highest BCUT2D eigenvalue weighted by molar-refractivity contribution is 6.24. The molecular formula is C29H22F6N6O3. The number of anilines is 1. The number of aromatic nitrogens is 2. The van der Waals surface area contributed by atoms with Gasteiger partial charge in [0.2, 0.25) is 0 Å². The van der Waals surface area contributed by atoms with Crippen molar-refractivity contribution in [1.29, 1.82) is 5.26 Å². The van der Waals surface area contributed by atoms with Crippen LogP contribution in [-0.2, 0) is 28.5 Å². The van der Waals surface area contributed by atoms with Crippen molar-refractivity contribution < 1.29 is 41.0 Å². The highest BCUT2D eigenvalue weighted by atomic mass is 19.4. The summed E-state index contributed by atoms with van der Waals surface area (Å²) in [4.78, 5) is 34.2. The van der Waals surface area contributed by atoms with E-state index in [-0.39, 0.29) is 12.1 Å². The predicted molar refractivity (Wildman–Crippen MR) is 142 cm³/mol. The Bertz CT molecular complexity index is 1730. The molecule has 1 fully saturated rings. The summed E-state index contributed by atoms with van der Waals surface area (Å²) in [7, 11) is 0. The lowest BCUT2D eigenvalue weighted by Gasteiger charge is -2.46. The highest BCUT2D eigenvalue weighted by Gasteiger charge is 2.52. The van der Waals surface area contributed by atoms with Crippen molar-refractivity contribution in [3.05, 3.63) is 88.6 Å². The third kappa shape index (κ3) is 5.44. The minimum absolute atomic E-state index is 0.130. The molecule has 15 heteroatoms. The first kappa shape index (κ1) is 30.5. The van der Waals surface area contributed by atoms with Gasteiger partial charge >= 0.3 is 12.4 Å². The number of nitriles is 1. The molecule has 0 aliphatic carbocycles. The van der Waals surface area contributed by atoms with Crippen molar-refractivity contribution in [3.8, 4) is 17.3 Å². The van der Waals surface area contributed by atoms with Crippen LogP contribution in [0.1, 0.15) is 42.1 Å². The number of alkyl halides is 6. The molecule has 5 rings (SSSR count). The Hall–Kier alpha value is -4.97. The summed E-state index contributed by atoms with van der Waals surface area (Å²) in [5.41, 5.74) is -5.33. The van der Waals surface area contributed by atoms with E-state index in [1.807, 2.05) is 6.07 Å². The zero-order valence-electron chi connectivity index (χ0n) is 22.8. The van der Waals surface area contributed by atoms with Gasteiger partial charge in [-0.05, 0) is 55.7 Å². The van der Waals surface area contributed by atoms with Crippen molar-refractivity contribution in [3.63, 3.8) is 0 Å². The molecule has 2 aliphatic rings. The van der Waals surface area contributed by atoms with Crippen molar-refractivity contribution in [1.82, 2.24) is 20.0 Å². The number of aliphatic hydroxyl groups excluding tert-OH is 1. The minimum atomic E-state index is -4.94. The fraction of sp³-hybridized carbons (Fsp3) is 0.276. The Morgan fingerprint density at radius 1 is 1.09 bits per heavy atom. The number of halogens is 6. The Morgan fingerprint density at radius 3 is 2.50 bits per heavy atom. The van der Waals surface area contributed by atoms with Gasteiger partial charge in [0.05, 0.1) is 40.7 Å². The zero-order chi connectivity index (χ0) is 32.0. The number of hydrogen-bond donors (Lipinski definition) is 2. The normalized spacial score (nSPS) is 19.1. The maximum Gasteiger partial charge on any atom is 0.433 e. The molecule has 2 aliphatic heterocycles. The number of nitrogens with zero attached hydrogens (tertiary/aromatic N) is 5. The lowest BCUT2D eigenvalue weighted by atomic mass is 9.90. The number of fused-ring (bicyclic) bond motifs is 1. The summed E-state index contributed by atoms with van der Waals surface area (Å²) in [6.45, 7) is 1.82. The molecule has 0 saturated carbocycles. The second kappa shape index (κ2) is 10.9. The maximum absolute atomic E-state index is 13.8. The molecule has 1 aromatic heterocycles. The van der Waals surface area contributed by atoms with Crippen LogP contribution >= 0.6 is 0 Å². The summed E-state index contributed by atoms with van der Waals surface area (Å²) < 4.78 is 80.7. The number of carbonyl (C=O) groups is 2. The summed E-state index contributed by atoms with van der Waals surface area (Å²) in [6.07, 6.45) is -8.43. The van der Waals surface area contributed by atoms with E-state index in [0.29, 0.717) is 49.5 Å². The van der Waals surface area contributed by atoms with Crippen LogP contribution in [0.25, 0.3) is 11.3 Å². The molecule has 2 N–H and O–H groups in total. The van der Waals surface area contributed by atoms with Gasteiger partial charge in [-0.1, -0.05) is 18.2 Å². The number of carbonyl (C=O) groups excluding carboxylic acids is 2. The van der Waals surface area contributed by atoms with E-state index >= 15 is 0 Å². The van der Waals surface area contributed by atoms with Crippen LogP contribution < -0.4 is 5.32 Å². The smallest absolute Gasteiger partial charge is 0.433 e. The molecule has 1 atom stereocenters. The second-order valence-electron chi connectivity index (χ2n) is 10.4. The number of hydrazine groups is 1. The molecule has 0 radical (unpaired) electrons. The lowest BCUT2D eigenvalue weighted by molar-refractivity contribution is -0.160. The van der Waals surface area contributed by atoms with E-state index in [2.05, 4.69) is 15.3 Å². The topological polar surface area (TPSA) is 122 Å². The van der Waals surface area contributed by atoms with Gasteiger partial charge in [0.25, 0.3) is 11.8 Å². The first-order valence-corrected chi connectivity index (χ1v) is 13.1. The standard InChI is InChI=1S/C29H22F6N6O3/c1-27-9-4-10-41(27)40(14-17-6-3-2-5-16(17)13-36)26(44)23(24(27)42)25(43)39-20-8-7-18(28(30,31)32)11-19(20)21-12-22(29(33,34)35)38-15-37-21/h2-3,5-8,11-12,15,42H,4,9-10,14H2,1H3,(H,39,43)/t27-/m1/s1. The molecule has 0 bridgehead atoms. The Morgan fingerprint density at radius 2 is 1.82 bits per heavy atom. The molecule has 44 heavy (non-hydrogen) atoms. The average molecular weight is 617 g/mol. The molecule has 9 nitrogen and oxygen atoms in total. The van der Waals surface area contributed by atoms with Crippen LogP contribution in [0.5, 0.6) is 0 Å².